The zero-order valence-electron chi connectivity index (χ0n) is 12.0. The van der Waals surface area contributed by atoms with Crippen LogP contribution in [-0.4, -0.2) is 19.4 Å². The molecule has 0 heterocycles. The third-order valence-electron chi connectivity index (χ3n) is 3.13. The van der Waals surface area contributed by atoms with Gasteiger partial charge in [0.1, 0.15) is 12.4 Å². The lowest BCUT2D eigenvalue weighted by atomic mass is 10.1. The van der Waals surface area contributed by atoms with E-state index in [2.05, 4.69) is 4.74 Å². The molecule has 0 unspecified atom stereocenters. The Balaban J connectivity index is 2.10. The first-order chi connectivity index (χ1) is 10.2. The predicted molar refractivity (Wildman–Crippen MR) is 78.7 cm³/mol. The molecule has 0 spiro atoms. The molecule has 0 aliphatic heterocycles. The maximum absolute atomic E-state index is 11.3. The van der Waals surface area contributed by atoms with Gasteiger partial charge in [-0.25, -0.2) is 4.79 Å². The fraction of sp³-hybridized carbons (Fsp3) is 0.176. The highest BCUT2D eigenvalue weighted by atomic mass is 16.5. The number of hydrogen-bond donors (Lipinski definition) is 0. The van der Waals surface area contributed by atoms with E-state index >= 15 is 0 Å². The number of carbonyl (C=O) groups excluding carboxylic acids is 2. The topological polar surface area (TPSA) is 52.6 Å². The molecule has 0 N–H and O–H groups in total. The maximum atomic E-state index is 11.3. The Kier molecular flexibility index (Phi) is 4.72. The molecule has 4 heteroatoms. The molecule has 4 nitrogen and oxygen atoms in total. The van der Waals surface area contributed by atoms with Crippen LogP contribution in [-0.2, 0) is 11.3 Å². The zero-order chi connectivity index (χ0) is 15.2. The average molecular weight is 284 g/mol. The van der Waals surface area contributed by atoms with Crippen LogP contribution >= 0.6 is 0 Å². The van der Waals surface area contributed by atoms with Crippen molar-refractivity contribution >= 4 is 12.3 Å². The fourth-order valence-corrected chi connectivity index (χ4v) is 1.98. The smallest absolute Gasteiger partial charge is 0.337 e. The number of esters is 1. The van der Waals surface area contributed by atoms with Crippen LogP contribution in [0.3, 0.4) is 0 Å². The number of hydrogen-bond acceptors (Lipinski definition) is 4. The second-order valence-corrected chi connectivity index (χ2v) is 4.59. The maximum Gasteiger partial charge on any atom is 0.337 e. The van der Waals surface area contributed by atoms with Crippen molar-refractivity contribution in [2.24, 2.45) is 0 Å². The molecule has 0 saturated carbocycles. The van der Waals surface area contributed by atoms with Crippen molar-refractivity contribution in [3.8, 4) is 5.75 Å². The van der Waals surface area contributed by atoms with Gasteiger partial charge in [-0.05, 0) is 36.2 Å². The van der Waals surface area contributed by atoms with Gasteiger partial charge in [0.15, 0.2) is 6.29 Å². The molecule has 0 aliphatic carbocycles. The number of para-hydroxylation sites is 1. The lowest BCUT2D eigenvalue weighted by Crippen LogP contribution is -2.03. The van der Waals surface area contributed by atoms with Gasteiger partial charge in [0.2, 0.25) is 0 Å². The standard InChI is InChI=1S/C17H16O4/c1-12-4-3-5-15(10-18)16(12)21-11-13-6-8-14(9-7-13)17(19)20-2/h3-10H,11H2,1-2H3. The Hall–Kier alpha value is -2.62. The minimum absolute atomic E-state index is 0.327. The van der Waals surface area contributed by atoms with E-state index in [9.17, 15) is 9.59 Å². The molecule has 0 aromatic heterocycles. The zero-order valence-corrected chi connectivity index (χ0v) is 12.0. The Bertz CT molecular complexity index is 644. The normalized spacial score (nSPS) is 10.0. The summed E-state index contributed by atoms with van der Waals surface area (Å²) in [6.45, 7) is 2.22. The van der Waals surface area contributed by atoms with Crippen LogP contribution in [0, 0.1) is 6.92 Å². The van der Waals surface area contributed by atoms with E-state index in [0.717, 1.165) is 17.4 Å². The first-order valence-corrected chi connectivity index (χ1v) is 6.50. The van der Waals surface area contributed by atoms with Gasteiger partial charge in [-0.1, -0.05) is 24.3 Å². The molecular weight excluding hydrogens is 268 g/mol. The number of ether oxygens (including phenoxy) is 2. The monoisotopic (exact) mass is 284 g/mol. The van der Waals surface area contributed by atoms with E-state index in [1.807, 2.05) is 19.1 Å². The van der Waals surface area contributed by atoms with Crippen molar-refractivity contribution in [3.05, 3.63) is 64.7 Å². The van der Waals surface area contributed by atoms with Crippen LogP contribution in [0.5, 0.6) is 5.75 Å². The summed E-state index contributed by atoms with van der Waals surface area (Å²) in [4.78, 5) is 22.4. The molecule has 0 saturated heterocycles. The Morgan fingerprint density at radius 1 is 1.14 bits per heavy atom. The Labute approximate surface area is 123 Å². The number of methoxy groups -OCH3 is 1. The largest absolute Gasteiger partial charge is 0.488 e. The second kappa shape index (κ2) is 6.70. The van der Waals surface area contributed by atoms with E-state index in [0.29, 0.717) is 23.5 Å². The van der Waals surface area contributed by atoms with Crippen molar-refractivity contribution in [2.45, 2.75) is 13.5 Å². The van der Waals surface area contributed by atoms with Crippen LogP contribution in [0.4, 0.5) is 0 Å². The number of benzene rings is 2. The molecule has 0 bridgehead atoms. The first-order valence-electron chi connectivity index (χ1n) is 6.50. The summed E-state index contributed by atoms with van der Waals surface area (Å²) in [5, 5.41) is 0. The summed E-state index contributed by atoms with van der Waals surface area (Å²) >= 11 is 0. The third kappa shape index (κ3) is 3.48. The third-order valence-corrected chi connectivity index (χ3v) is 3.13. The molecule has 0 aliphatic rings. The van der Waals surface area contributed by atoms with Gasteiger partial charge in [-0.2, -0.15) is 0 Å². The Morgan fingerprint density at radius 3 is 2.48 bits per heavy atom. The van der Waals surface area contributed by atoms with Crippen LogP contribution in [0.15, 0.2) is 42.5 Å². The first kappa shape index (κ1) is 14.8. The summed E-state index contributed by atoms with van der Waals surface area (Å²) in [6.07, 6.45) is 0.780. The number of aldehydes is 1. The lowest BCUT2D eigenvalue weighted by Gasteiger charge is -2.11. The van der Waals surface area contributed by atoms with Gasteiger partial charge in [-0.15, -0.1) is 0 Å². The van der Waals surface area contributed by atoms with Crippen LogP contribution in [0.1, 0.15) is 31.8 Å². The van der Waals surface area contributed by atoms with E-state index in [1.165, 1.54) is 7.11 Å². The fourth-order valence-electron chi connectivity index (χ4n) is 1.98. The highest BCUT2D eigenvalue weighted by molar-refractivity contribution is 5.89. The molecule has 108 valence electrons. The van der Waals surface area contributed by atoms with Crippen molar-refractivity contribution in [2.75, 3.05) is 7.11 Å². The molecule has 2 rings (SSSR count). The van der Waals surface area contributed by atoms with E-state index in [-0.39, 0.29) is 5.97 Å². The predicted octanol–water partition coefficient (Wildman–Crippen LogP) is 3.17. The van der Waals surface area contributed by atoms with Gasteiger partial charge < -0.3 is 9.47 Å². The van der Waals surface area contributed by atoms with E-state index in [4.69, 9.17) is 4.74 Å². The molecule has 2 aromatic rings. The molecule has 2 aromatic carbocycles. The quantitative estimate of drug-likeness (QED) is 0.625. The van der Waals surface area contributed by atoms with E-state index < -0.39 is 0 Å². The summed E-state index contributed by atoms with van der Waals surface area (Å²) in [7, 11) is 1.35. The van der Waals surface area contributed by atoms with Crippen molar-refractivity contribution in [3.63, 3.8) is 0 Å². The van der Waals surface area contributed by atoms with Gasteiger partial charge in [0.25, 0.3) is 0 Å². The summed E-state index contributed by atoms with van der Waals surface area (Å²) in [6, 6.07) is 12.4. The number of aryl methyl sites for hydroxylation is 1. The van der Waals surface area contributed by atoms with Crippen LogP contribution in [0.25, 0.3) is 0 Å². The summed E-state index contributed by atoms with van der Waals surface area (Å²) in [5.74, 6) is 0.217. The molecular formula is C17H16O4. The van der Waals surface area contributed by atoms with Crippen LogP contribution < -0.4 is 4.74 Å². The van der Waals surface area contributed by atoms with Gasteiger partial charge >= 0.3 is 5.97 Å². The molecule has 0 atom stereocenters. The number of carbonyl (C=O) groups is 2. The lowest BCUT2D eigenvalue weighted by molar-refractivity contribution is 0.0600. The number of rotatable bonds is 5. The van der Waals surface area contributed by atoms with Crippen LogP contribution in [0.2, 0.25) is 0 Å². The van der Waals surface area contributed by atoms with Crippen molar-refractivity contribution < 1.29 is 19.1 Å². The molecule has 0 radical (unpaired) electrons. The van der Waals surface area contributed by atoms with E-state index in [1.54, 1.807) is 30.3 Å². The highest BCUT2D eigenvalue weighted by Gasteiger charge is 2.08. The second-order valence-electron chi connectivity index (χ2n) is 4.59. The van der Waals surface area contributed by atoms with Crippen molar-refractivity contribution in [1.29, 1.82) is 0 Å². The molecule has 21 heavy (non-hydrogen) atoms. The summed E-state index contributed by atoms with van der Waals surface area (Å²) < 4.78 is 10.4. The summed E-state index contributed by atoms with van der Waals surface area (Å²) in [5.41, 5.74) is 2.83. The van der Waals surface area contributed by atoms with Gasteiger partial charge in [0, 0.05) is 0 Å². The molecule has 0 fully saturated rings. The van der Waals surface area contributed by atoms with Crippen molar-refractivity contribution in [1.82, 2.24) is 0 Å². The van der Waals surface area contributed by atoms with Gasteiger partial charge in [0.05, 0.1) is 18.2 Å². The minimum atomic E-state index is -0.371. The highest BCUT2D eigenvalue weighted by Crippen LogP contribution is 2.23. The SMILES string of the molecule is COC(=O)c1ccc(COc2c(C)cccc2C=O)cc1. The Morgan fingerprint density at radius 2 is 1.86 bits per heavy atom. The minimum Gasteiger partial charge on any atom is -0.488 e. The molecule has 0 amide bonds. The average Bonchev–Trinajstić information content (AvgIpc) is 2.53. The van der Waals surface area contributed by atoms with Gasteiger partial charge in [-0.3, -0.25) is 4.79 Å².